The molecule has 16 heavy (non-hydrogen) atoms. The fourth-order valence-electron chi connectivity index (χ4n) is 1.57. The van der Waals surface area contributed by atoms with Crippen LogP contribution in [0.2, 0.25) is 0 Å². The van der Waals surface area contributed by atoms with E-state index in [4.69, 9.17) is 5.26 Å². The zero-order chi connectivity index (χ0) is 12.1. The second kappa shape index (κ2) is 5.26. The Kier molecular flexibility index (Phi) is 4.01. The minimum absolute atomic E-state index is 0.218. The number of halogens is 1. The van der Waals surface area contributed by atoms with Crippen molar-refractivity contribution in [2.24, 2.45) is 5.92 Å². The standard InChI is InChI=1S/C12H13FN2O/c1-9(6-14)7-15(2)12-10(8-16)4-3-5-11(12)13/h3-5,8-9H,7H2,1-2H3. The highest BCUT2D eigenvalue weighted by atomic mass is 19.1. The van der Waals surface area contributed by atoms with Crippen LogP contribution in [0.1, 0.15) is 17.3 Å². The summed E-state index contributed by atoms with van der Waals surface area (Å²) in [7, 11) is 1.67. The average molecular weight is 220 g/mol. The quantitative estimate of drug-likeness (QED) is 0.731. The fourth-order valence-corrected chi connectivity index (χ4v) is 1.57. The number of benzene rings is 1. The molecule has 1 aromatic rings. The maximum absolute atomic E-state index is 13.6. The number of rotatable bonds is 4. The first kappa shape index (κ1) is 12.2. The summed E-state index contributed by atoms with van der Waals surface area (Å²) in [6.45, 7) is 2.14. The molecule has 0 heterocycles. The minimum Gasteiger partial charge on any atom is -0.370 e. The Balaban J connectivity index is 3.03. The van der Waals surface area contributed by atoms with E-state index in [1.807, 2.05) is 0 Å². The number of anilines is 1. The minimum atomic E-state index is -0.447. The summed E-state index contributed by atoms with van der Waals surface area (Å²) in [5.74, 6) is -0.665. The van der Waals surface area contributed by atoms with Crippen LogP contribution in [0.5, 0.6) is 0 Å². The highest BCUT2D eigenvalue weighted by Crippen LogP contribution is 2.22. The molecular weight excluding hydrogens is 207 g/mol. The second-order valence-corrected chi connectivity index (χ2v) is 3.71. The molecular formula is C12H13FN2O. The molecule has 84 valence electrons. The second-order valence-electron chi connectivity index (χ2n) is 3.71. The molecule has 1 aromatic carbocycles. The SMILES string of the molecule is CC(C#N)CN(C)c1c(F)cccc1C=O. The molecule has 4 heteroatoms. The first-order chi connectivity index (χ1) is 7.60. The van der Waals surface area contributed by atoms with Crippen LogP contribution in [0.4, 0.5) is 10.1 Å². The van der Waals surface area contributed by atoms with Gasteiger partial charge in [-0.1, -0.05) is 6.07 Å². The number of hydrogen-bond donors (Lipinski definition) is 0. The molecule has 1 unspecified atom stereocenters. The highest BCUT2D eigenvalue weighted by molar-refractivity contribution is 5.84. The van der Waals surface area contributed by atoms with Crippen LogP contribution in [0, 0.1) is 23.1 Å². The lowest BCUT2D eigenvalue weighted by Crippen LogP contribution is -2.25. The Morgan fingerprint density at radius 3 is 2.88 bits per heavy atom. The van der Waals surface area contributed by atoms with Crippen molar-refractivity contribution in [1.29, 1.82) is 5.26 Å². The molecule has 0 aliphatic carbocycles. The van der Waals surface area contributed by atoms with E-state index in [1.54, 1.807) is 24.9 Å². The van der Waals surface area contributed by atoms with Gasteiger partial charge in [0.05, 0.1) is 17.7 Å². The summed E-state index contributed by atoms with van der Waals surface area (Å²) in [6.07, 6.45) is 0.617. The molecule has 0 N–H and O–H groups in total. The zero-order valence-electron chi connectivity index (χ0n) is 9.27. The molecule has 0 fully saturated rings. The monoisotopic (exact) mass is 220 g/mol. The van der Waals surface area contributed by atoms with Gasteiger partial charge < -0.3 is 4.90 Å². The van der Waals surface area contributed by atoms with Gasteiger partial charge in [0, 0.05) is 19.2 Å². The Bertz CT molecular complexity index is 426. The van der Waals surface area contributed by atoms with Crippen LogP contribution in [0.25, 0.3) is 0 Å². The van der Waals surface area contributed by atoms with Crippen LogP contribution < -0.4 is 4.90 Å². The summed E-state index contributed by atoms with van der Waals surface area (Å²) < 4.78 is 13.6. The molecule has 0 spiro atoms. The molecule has 1 rings (SSSR count). The van der Waals surface area contributed by atoms with Gasteiger partial charge in [-0.15, -0.1) is 0 Å². The average Bonchev–Trinajstić information content (AvgIpc) is 2.28. The van der Waals surface area contributed by atoms with Gasteiger partial charge in [-0.05, 0) is 19.1 Å². The number of carbonyl (C=O) groups is 1. The first-order valence-electron chi connectivity index (χ1n) is 4.94. The normalized spacial score (nSPS) is 11.6. The molecule has 0 aliphatic heterocycles. The Hall–Kier alpha value is -1.89. The van der Waals surface area contributed by atoms with Crippen molar-refractivity contribution in [3.8, 4) is 6.07 Å². The summed E-state index contributed by atoms with van der Waals surface area (Å²) in [4.78, 5) is 12.4. The summed E-state index contributed by atoms with van der Waals surface area (Å²) in [5.41, 5.74) is 0.548. The van der Waals surface area contributed by atoms with Crippen molar-refractivity contribution < 1.29 is 9.18 Å². The van der Waals surface area contributed by atoms with E-state index >= 15 is 0 Å². The molecule has 1 atom stereocenters. The van der Waals surface area contributed by atoms with Crippen LogP contribution in [-0.4, -0.2) is 19.9 Å². The number of nitriles is 1. The van der Waals surface area contributed by atoms with Crippen molar-refractivity contribution in [3.05, 3.63) is 29.6 Å². The van der Waals surface area contributed by atoms with E-state index in [0.717, 1.165) is 0 Å². The molecule has 0 amide bonds. The van der Waals surface area contributed by atoms with Crippen LogP contribution in [-0.2, 0) is 0 Å². The summed E-state index contributed by atoms with van der Waals surface area (Å²) in [6, 6.07) is 6.42. The van der Waals surface area contributed by atoms with Gasteiger partial charge in [-0.2, -0.15) is 5.26 Å². The summed E-state index contributed by atoms with van der Waals surface area (Å²) in [5, 5.41) is 8.69. The molecule has 0 aromatic heterocycles. The van der Waals surface area contributed by atoms with E-state index in [1.165, 1.54) is 12.1 Å². The lowest BCUT2D eigenvalue weighted by molar-refractivity contribution is 0.112. The van der Waals surface area contributed by atoms with Crippen LogP contribution in [0.3, 0.4) is 0 Å². The molecule has 0 aliphatic rings. The third-order valence-electron chi connectivity index (χ3n) is 2.29. The number of aldehydes is 1. The van der Waals surface area contributed by atoms with Crippen LogP contribution in [0.15, 0.2) is 18.2 Å². The number of nitrogens with zero attached hydrogens (tertiary/aromatic N) is 2. The predicted molar refractivity (Wildman–Crippen MR) is 59.8 cm³/mol. The van der Waals surface area contributed by atoms with Gasteiger partial charge in [-0.3, -0.25) is 4.79 Å². The van der Waals surface area contributed by atoms with E-state index in [2.05, 4.69) is 6.07 Å². The van der Waals surface area contributed by atoms with Gasteiger partial charge in [0.1, 0.15) is 5.82 Å². The van der Waals surface area contributed by atoms with Crippen molar-refractivity contribution >= 4 is 12.0 Å². The lowest BCUT2D eigenvalue weighted by Gasteiger charge is -2.22. The highest BCUT2D eigenvalue weighted by Gasteiger charge is 2.14. The van der Waals surface area contributed by atoms with E-state index < -0.39 is 5.82 Å². The molecule has 0 saturated carbocycles. The third kappa shape index (κ3) is 2.57. The Labute approximate surface area is 94.1 Å². The fraction of sp³-hybridized carbons (Fsp3) is 0.333. The smallest absolute Gasteiger partial charge is 0.152 e. The largest absolute Gasteiger partial charge is 0.370 e. The topological polar surface area (TPSA) is 44.1 Å². The third-order valence-corrected chi connectivity index (χ3v) is 2.29. The first-order valence-corrected chi connectivity index (χ1v) is 4.94. The molecule has 3 nitrogen and oxygen atoms in total. The Morgan fingerprint density at radius 2 is 2.31 bits per heavy atom. The summed E-state index contributed by atoms with van der Waals surface area (Å²) >= 11 is 0. The number of hydrogen-bond acceptors (Lipinski definition) is 3. The predicted octanol–water partition coefficient (Wildman–Crippen LogP) is 2.23. The van der Waals surface area contributed by atoms with Crippen molar-refractivity contribution in [3.63, 3.8) is 0 Å². The number of carbonyl (C=O) groups excluding carboxylic acids is 1. The zero-order valence-corrected chi connectivity index (χ0v) is 9.27. The van der Waals surface area contributed by atoms with Crippen molar-refractivity contribution in [1.82, 2.24) is 0 Å². The van der Waals surface area contributed by atoms with Gasteiger partial charge >= 0.3 is 0 Å². The maximum Gasteiger partial charge on any atom is 0.152 e. The van der Waals surface area contributed by atoms with E-state index in [-0.39, 0.29) is 11.6 Å². The number of para-hydroxylation sites is 1. The van der Waals surface area contributed by atoms with Gasteiger partial charge in [0.2, 0.25) is 0 Å². The maximum atomic E-state index is 13.6. The van der Waals surface area contributed by atoms with E-state index in [0.29, 0.717) is 18.4 Å². The Morgan fingerprint density at radius 1 is 1.62 bits per heavy atom. The lowest BCUT2D eigenvalue weighted by atomic mass is 10.1. The van der Waals surface area contributed by atoms with E-state index in [9.17, 15) is 9.18 Å². The van der Waals surface area contributed by atoms with Crippen LogP contribution >= 0.6 is 0 Å². The van der Waals surface area contributed by atoms with Gasteiger partial charge in [-0.25, -0.2) is 4.39 Å². The van der Waals surface area contributed by atoms with Gasteiger partial charge in [0.25, 0.3) is 0 Å². The van der Waals surface area contributed by atoms with Crippen molar-refractivity contribution in [2.75, 3.05) is 18.5 Å². The molecule has 0 saturated heterocycles. The molecule has 0 bridgehead atoms. The van der Waals surface area contributed by atoms with Gasteiger partial charge in [0.15, 0.2) is 6.29 Å². The molecule has 0 radical (unpaired) electrons. The van der Waals surface area contributed by atoms with Crippen molar-refractivity contribution in [2.45, 2.75) is 6.92 Å².